The van der Waals surface area contributed by atoms with E-state index >= 15 is 0 Å². The topological polar surface area (TPSA) is 26.3 Å². The van der Waals surface area contributed by atoms with Crippen LogP contribution in [0.25, 0.3) is 0 Å². The van der Waals surface area contributed by atoms with E-state index < -0.39 is 0 Å². The van der Waals surface area contributed by atoms with Gasteiger partial charge < -0.3 is 4.74 Å². The van der Waals surface area contributed by atoms with Crippen LogP contribution in [0.4, 0.5) is 0 Å². The van der Waals surface area contributed by atoms with Gasteiger partial charge in [0.2, 0.25) is 0 Å². The standard InChI is InChI=1S/C20H30O2/c1-3-5-16-6-10-18(11-7-16)19-12-8-17(9-13-19)15-20(21)22-14-4-2/h8-9,12-13,16,18H,3-7,10-11,14-15H2,1-2H3/t16-,18-. The molecule has 0 radical (unpaired) electrons. The minimum atomic E-state index is -0.116. The minimum absolute atomic E-state index is 0.116. The van der Waals surface area contributed by atoms with Crippen LogP contribution < -0.4 is 0 Å². The summed E-state index contributed by atoms with van der Waals surface area (Å²) in [5, 5.41) is 0. The van der Waals surface area contributed by atoms with E-state index in [-0.39, 0.29) is 5.97 Å². The molecule has 2 heteroatoms. The number of hydrogen-bond donors (Lipinski definition) is 0. The normalized spacial score (nSPS) is 21.5. The molecule has 1 fully saturated rings. The summed E-state index contributed by atoms with van der Waals surface area (Å²) in [6.45, 7) is 4.82. The van der Waals surface area contributed by atoms with Crippen molar-refractivity contribution in [1.29, 1.82) is 0 Å². The first-order valence-electron chi connectivity index (χ1n) is 8.97. The Morgan fingerprint density at radius 1 is 1.05 bits per heavy atom. The van der Waals surface area contributed by atoms with Crippen molar-refractivity contribution in [2.45, 2.75) is 71.1 Å². The molecular formula is C20H30O2. The summed E-state index contributed by atoms with van der Waals surface area (Å²) >= 11 is 0. The Morgan fingerprint density at radius 3 is 2.32 bits per heavy atom. The fourth-order valence-corrected chi connectivity index (χ4v) is 3.53. The second-order valence-corrected chi connectivity index (χ2v) is 6.65. The van der Waals surface area contributed by atoms with Crippen molar-refractivity contribution in [3.8, 4) is 0 Å². The third-order valence-corrected chi connectivity index (χ3v) is 4.81. The van der Waals surface area contributed by atoms with Crippen LogP contribution in [0.1, 0.15) is 75.8 Å². The number of benzene rings is 1. The SMILES string of the molecule is CCCOC(=O)Cc1ccc([C@H]2CC[C@H](CCC)CC2)cc1. The summed E-state index contributed by atoms with van der Waals surface area (Å²) in [5.41, 5.74) is 2.50. The first kappa shape index (κ1) is 17.1. The van der Waals surface area contributed by atoms with E-state index in [1.807, 2.05) is 6.92 Å². The third-order valence-electron chi connectivity index (χ3n) is 4.81. The number of hydrogen-bond acceptors (Lipinski definition) is 2. The molecule has 0 saturated heterocycles. The molecule has 0 bridgehead atoms. The average Bonchev–Trinajstić information content (AvgIpc) is 2.55. The van der Waals surface area contributed by atoms with Gasteiger partial charge in [0.15, 0.2) is 0 Å². The molecule has 0 unspecified atom stereocenters. The first-order chi connectivity index (χ1) is 10.7. The van der Waals surface area contributed by atoms with Gasteiger partial charge in [0, 0.05) is 0 Å². The van der Waals surface area contributed by atoms with Crippen molar-refractivity contribution in [3.63, 3.8) is 0 Å². The predicted octanol–water partition coefficient (Wildman–Crippen LogP) is 5.26. The second-order valence-electron chi connectivity index (χ2n) is 6.65. The van der Waals surface area contributed by atoms with Crippen LogP contribution >= 0.6 is 0 Å². The molecule has 1 saturated carbocycles. The van der Waals surface area contributed by atoms with Crippen molar-refractivity contribution in [3.05, 3.63) is 35.4 Å². The largest absolute Gasteiger partial charge is 0.465 e. The molecule has 0 atom stereocenters. The van der Waals surface area contributed by atoms with Gasteiger partial charge in [-0.3, -0.25) is 4.79 Å². The van der Waals surface area contributed by atoms with Gasteiger partial charge in [-0.05, 0) is 55.1 Å². The Labute approximate surface area is 135 Å². The molecule has 2 rings (SSSR count). The lowest BCUT2D eigenvalue weighted by Gasteiger charge is -2.28. The van der Waals surface area contributed by atoms with Crippen LogP contribution in [0, 0.1) is 5.92 Å². The number of esters is 1. The van der Waals surface area contributed by atoms with E-state index in [0.717, 1.165) is 17.9 Å². The Bertz CT molecular complexity index is 441. The molecule has 0 aliphatic heterocycles. The molecule has 1 aliphatic carbocycles. The highest BCUT2D eigenvalue weighted by molar-refractivity contribution is 5.72. The molecule has 0 heterocycles. The molecule has 1 aliphatic rings. The lowest BCUT2D eigenvalue weighted by Crippen LogP contribution is -2.13. The van der Waals surface area contributed by atoms with E-state index in [2.05, 4.69) is 31.2 Å². The van der Waals surface area contributed by atoms with E-state index in [1.165, 1.54) is 44.1 Å². The maximum absolute atomic E-state index is 11.6. The van der Waals surface area contributed by atoms with Crippen molar-refractivity contribution >= 4 is 5.97 Å². The quantitative estimate of drug-likeness (QED) is 0.642. The van der Waals surface area contributed by atoms with Gasteiger partial charge in [-0.15, -0.1) is 0 Å². The molecule has 0 aromatic heterocycles. The first-order valence-corrected chi connectivity index (χ1v) is 8.97. The number of rotatable bonds is 7. The molecule has 122 valence electrons. The summed E-state index contributed by atoms with van der Waals surface area (Å²) in [4.78, 5) is 11.6. The lowest BCUT2D eigenvalue weighted by atomic mass is 9.77. The minimum Gasteiger partial charge on any atom is -0.465 e. The lowest BCUT2D eigenvalue weighted by molar-refractivity contribution is -0.142. The predicted molar refractivity (Wildman–Crippen MR) is 91.0 cm³/mol. The van der Waals surface area contributed by atoms with Crippen LogP contribution in [0.2, 0.25) is 0 Å². The molecule has 0 spiro atoms. The fraction of sp³-hybridized carbons (Fsp3) is 0.650. The zero-order valence-electron chi connectivity index (χ0n) is 14.1. The van der Waals surface area contributed by atoms with E-state index in [4.69, 9.17) is 4.74 Å². The number of carbonyl (C=O) groups is 1. The fourth-order valence-electron chi connectivity index (χ4n) is 3.53. The van der Waals surface area contributed by atoms with Crippen LogP contribution in [-0.4, -0.2) is 12.6 Å². The average molecular weight is 302 g/mol. The van der Waals surface area contributed by atoms with Crippen molar-refractivity contribution in [1.82, 2.24) is 0 Å². The molecule has 1 aromatic carbocycles. The van der Waals surface area contributed by atoms with Gasteiger partial charge in [-0.2, -0.15) is 0 Å². The van der Waals surface area contributed by atoms with Gasteiger partial charge in [0.25, 0.3) is 0 Å². The van der Waals surface area contributed by atoms with Gasteiger partial charge in [-0.25, -0.2) is 0 Å². The van der Waals surface area contributed by atoms with E-state index in [1.54, 1.807) is 0 Å². The molecular weight excluding hydrogens is 272 g/mol. The Balaban J connectivity index is 1.83. The zero-order chi connectivity index (χ0) is 15.8. The smallest absolute Gasteiger partial charge is 0.310 e. The summed E-state index contributed by atoms with van der Waals surface area (Å²) in [6.07, 6.45) is 9.39. The van der Waals surface area contributed by atoms with Crippen molar-refractivity contribution in [2.24, 2.45) is 5.92 Å². The molecule has 0 N–H and O–H groups in total. The second kappa shape index (κ2) is 8.97. The highest BCUT2D eigenvalue weighted by Gasteiger charge is 2.21. The van der Waals surface area contributed by atoms with Crippen LogP contribution in [0.15, 0.2) is 24.3 Å². The summed E-state index contributed by atoms with van der Waals surface area (Å²) in [6, 6.07) is 8.63. The number of ether oxygens (including phenoxy) is 1. The molecule has 0 amide bonds. The monoisotopic (exact) mass is 302 g/mol. The Hall–Kier alpha value is -1.31. The maximum atomic E-state index is 11.6. The van der Waals surface area contributed by atoms with Crippen LogP contribution in [0.5, 0.6) is 0 Å². The van der Waals surface area contributed by atoms with Gasteiger partial charge in [-0.1, -0.05) is 51.0 Å². The van der Waals surface area contributed by atoms with Crippen LogP contribution in [-0.2, 0) is 16.0 Å². The summed E-state index contributed by atoms with van der Waals surface area (Å²) < 4.78 is 5.14. The Morgan fingerprint density at radius 2 is 1.73 bits per heavy atom. The van der Waals surface area contributed by atoms with Gasteiger partial charge in [0.05, 0.1) is 13.0 Å². The third kappa shape index (κ3) is 5.15. The summed E-state index contributed by atoms with van der Waals surface area (Å²) in [5.74, 6) is 1.55. The highest BCUT2D eigenvalue weighted by Crippen LogP contribution is 2.37. The molecule has 1 aromatic rings. The summed E-state index contributed by atoms with van der Waals surface area (Å²) in [7, 11) is 0. The van der Waals surface area contributed by atoms with Gasteiger partial charge >= 0.3 is 5.97 Å². The van der Waals surface area contributed by atoms with Gasteiger partial charge in [0.1, 0.15) is 0 Å². The highest BCUT2D eigenvalue weighted by atomic mass is 16.5. The maximum Gasteiger partial charge on any atom is 0.310 e. The molecule has 2 nitrogen and oxygen atoms in total. The van der Waals surface area contributed by atoms with Crippen LogP contribution in [0.3, 0.4) is 0 Å². The Kier molecular flexibility index (Phi) is 6.95. The number of carbonyl (C=O) groups excluding carboxylic acids is 1. The van der Waals surface area contributed by atoms with Crippen molar-refractivity contribution < 1.29 is 9.53 Å². The van der Waals surface area contributed by atoms with E-state index in [9.17, 15) is 4.79 Å². The molecule has 22 heavy (non-hydrogen) atoms. The zero-order valence-corrected chi connectivity index (χ0v) is 14.1. The van der Waals surface area contributed by atoms with Crippen molar-refractivity contribution in [2.75, 3.05) is 6.61 Å². The van der Waals surface area contributed by atoms with E-state index in [0.29, 0.717) is 18.9 Å².